The van der Waals surface area contributed by atoms with E-state index < -0.39 is 0 Å². The lowest BCUT2D eigenvalue weighted by atomic mass is 9.63. The Labute approximate surface area is 178 Å². The summed E-state index contributed by atoms with van der Waals surface area (Å²) in [6.45, 7) is 12.9. The number of hydrogen-bond acceptors (Lipinski definition) is 3. The summed E-state index contributed by atoms with van der Waals surface area (Å²) < 4.78 is 5.04. The number of hydrogen-bond donors (Lipinski definition) is 0. The molecule has 0 aromatic heterocycles. The second kappa shape index (κ2) is 8.16. The molecule has 152 valence electrons. The third-order valence-electron chi connectivity index (χ3n) is 5.75. The number of esters is 1. The summed E-state index contributed by atoms with van der Waals surface area (Å²) in [5.41, 5.74) is 5.09. The third-order valence-corrected chi connectivity index (χ3v) is 6.06. The maximum absolute atomic E-state index is 11.9. The van der Waals surface area contributed by atoms with Gasteiger partial charge in [-0.2, -0.15) is 0 Å². The number of ether oxygens (including phenoxy) is 1. The molecule has 3 rings (SSSR count). The maximum atomic E-state index is 11.9. The van der Waals surface area contributed by atoms with E-state index in [4.69, 9.17) is 16.3 Å². The fourth-order valence-electron chi connectivity index (χ4n) is 3.78. The average Bonchev–Trinajstić information content (AvgIpc) is 2.70. The van der Waals surface area contributed by atoms with Crippen molar-refractivity contribution in [3.05, 3.63) is 77.4 Å². The van der Waals surface area contributed by atoms with Crippen LogP contribution in [-0.4, -0.2) is 17.7 Å². The molecule has 0 saturated carbocycles. The first-order valence-electron chi connectivity index (χ1n) is 9.92. The fraction of sp³-hybridized carbons (Fsp3) is 0.360. The number of fused-ring (bicyclic) bond motifs is 1. The highest BCUT2D eigenvalue weighted by Gasteiger charge is 2.37. The van der Waals surface area contributed by atoms with Crippen molar-refractivity contribution >= 4 is 28.4 Å². The first kappa shape index (κ1) is 21.3. The van der Waals surface area contributed by atoms with E-state index in [-0.39, 0.29) is 23.4 Å². The molecule has 0 aliphatic heterocycles. The summed E-state index contributed by atoms with van der Waals surface area (Å²) in [5, 5.41) is 0.439. The van der Waals surface area contributed by atoms with Gasteiger partial charge >= 0.3 is 5.97 Å². The standard InChI is InChI=1S/C25H28ClNO2/c1-6-15-29-23(28)17-7-10-19(11-8-17)27-22(26)18-9-12-20-21(16-18)25(4,5)14-13-24(20,2)3/h6-12,16H,1,13-15H2,2-5H3. The Bertz CT molecular complexity index is 955. The SMILES string of the molecule is C=CCOC(=O)c1ccc(N=C(Cl)c2ccc3c(c2)C(C)(C)CCC3(C)C)cc1. The molecule has 0 amide bonds. The topological polar surface area (TPSA) is 38.7 Å². The summed E-state index contributed by atoms with van der Waals surface area (Å²) in [4.78, 5) is 16.4. The predicted octanol–water partition coefficient (Wildman–Crippen LogP) is 6.70. The van der Waals surface area contributed by atoms with Crippen LogP contribution in [0.5, 0.6) is 0 Å². The molecule has 2 aromatic carbocycles. The Morgan fingerprint density at radius 2 is 1.62 bits per heavy atom. The summed E-state index contributed by atoms with van der Waals surface area (Å²) >= 11 is 6.57. The van der Waals surface area contributed by atoms with Crippen molar-refractivity contribution in [1.82, 2.24) is 0 Å². The van der Waals surface area contributed by atoms with Gasteiger partial charge in [0, 0.05) is 5.56 Å². The first-order chi connectivity index (χ1) is 13.6. The van der Waals surface area contributed by atoms with Crippen LogP contribution in [0.3, 0.4) is 0 Å². The lowest BCUT2D eigenvalue weighted by Crippen LogP contribution is -2.34. The van der Waals surface area contributed by atoms with E-state index in [1.807, 2.05) is 0 Å². The Hall–Kier alpha value is -2.39. The Morgan fingerprint density at radius 1 is 1.03 bits per heavy atom. The van der Waals surface area contributed by atoms with Gasteiger partial charge in [0.25, 0.3) is 0 Å². The number of carbonyl (C=O) groups excluding carboxylic acids is 1. The van der Waals surface area contributed by atoms with Gasteiger partial charge in [0.05, 0.1) is 11.3 Å². The van der Waals surface area contributed by atoms with Crippen LogP contribution in [0.2, 0.25) is 0 Å². The van der Waals surface area contributed by atoms with Crippen LogP contribution < -0.4 is 0 Å². The molecule has 0 fully saturated rings. The van der Waals surface area contributed by atoms with Crippen LogP contribution in [0.4, 0.5) is 5.69 Å². The maximum Gasteiger partial charge on any atom is 0.338 e. The van der Waals surface area contributed by atoms with Crippen molar-refractivity contribution in [2.75, 3.05) is 6.61 Å². The monoisotopic (exact) mass is 409 g/mol. The van der Waals surface area contributed by atoms with E-state index in [1.54, 1.807) is 24.3 Å². The largest absolute Gasteiger partial charge is 0.458 e. The van der Waals surface area contributed by atoms with Crippen molar-refractivity contribution < 1.29 is 9.53 Å². The molecule has 0 atom stereocenters. The van der Waals surface area contributed by atoms with Gasteiger partial charge in [0.1, 0.15) is 11.8 Å². The summed E-state index contributed by atoms with van der Waals surface area (Å²) in [6.07, 6.45) is 3.86. The highest BCUT2D eigenvalue weighted by molar-refractivity contribution is 6.69. The van der Waals surface area contributed by atoms with E-state index >= 15 is 0 Å². The molecule has 0 spiro atoms. The lowest BCUT2D eigenvalue weighted by Gasteiger charge is -2.42. The number of benzene rings is 2. The minimum atomic E-state index is -0.383. The van der Waals surface area contributed by atoms with Gasteiger partial charge in [-0.3, -0.25) is 0 Å². The minimum absolute atomic E-state index is 0.117. The van der Waals surface area contributed by atoms with Crippen LogP contribution in [0.1, 0.15) is 67.6 Å². The van der Waals surface area contributed by atoms with E-state index in [1.165, 1.54) is 23.6 Å². The number of rotatable bonds is 5. The third kappa shape index (κ3) is 4.62. The number of carbonyl (C=O) groups is 1. The van der Waals surface area contributed by atoms with Crippen molar-refractivity contribution in [3.8, 4) is 0 Å². The van der Waals surface area contributed by atoms with Gasteiger partial charge in [0.15, 0.2) is 0 Å². The van der Waals surface area contributed by atoms with Crippen molar-refractivity contribution in [2.24, 2.45) is 4.99 Å². The molecule has 2 aromatic rings. The zero-order chi connectivity index (χ0) is 21.2. The molecule has 0 heterocycles. The predicted molar refractivity (Wildman–Crippen MR) is 121 cm³/mol. The van der Waals surface area contributed by atoms with Gasteiger partial charge in [-0.25, -0.2) is 9.79 Å². The molecular formula is C25H28ClNO2. The second-order valence-corrected chi connectivity index (χ2v) is 9.22. The number of halogens is 1. The molecular weight excluding hydrogens is 382 g/mol. The quantitative estimate of drug-likeness (QED) is 0.313. The number of nitrogens with zero attached hydrogens (tertiary/aromatic N) is 1. The molecule has 3 nitrogen and oxygen atoms in total. The second-order valence-electron chi connectivity index (χ2n) is 8.86. The van der Waals surface area contributed by atoms with Gasteiger partial charge in [-0.15, -0.1) is 0 Å². The van der Waals surface area contributed by atoms with Gasteiger partial charge in [0.2, 0.25) is 0 Å². The first-order valence-corrected chi connectivity index (χ1v) is 10.3. The summed E-state index contributed by atoms with van der Waals surface area (Å²) in [6, 6.07) is 13.3. The Balaban J connectivity index is 1.87. The minimum Gasteiger partial charge on any atom is -0.458 e. The molecule has 0 unspecified atom stereocenters. The smallest absolute Gasteiger partial charge is 0.338 e. The molecule has 29 heavy (non-hydrogen) atoms. The van der Waals surface area contributed by atoms with Gasteiger partial charge < -0.3 is 4.74 Å². The van der Waals surface area contributed by atoms with Crippen molar-refractivity contribution in [3.63, 3.8) is 0 Å². The van der Waals surface area contributed by atoms with E-state index in [9.17, 15) is 4.79 Å². The van der Waals surface area contributed by atoms with Crippen molar-refractivity contribution in [2.45, 2.75) is 51.4 Å². The van der Waals surface area contributed by atoms with E-state index in [0.717, 1.165) is 12.0 Å². The average molecular weight is 410 g/mol. The van der Waals surface area contributed by atoms with Crippen molar-refractivity contribution in [1.29, 1.82) is 0 Å². The lowest BCUT2D eigenvalue weighted by molar-refractivity contribution is 0.0550. The Kier molecular flexibility index (Phi) is 6.00. The molecule has 1 aliphatic rings. The van der Waals surface area contributed by atoms with Crippen LogP contribution in [0.15, 0.2) is 60.1 Å². The van der Waals surface area contributed by atoms with Crippen LogP contribution in [0, 0.1) is 0 Å². The van der Waals surface area contributed by atoms with Crippen LogP contribution in [0.25, 0.3) is 0 Å². The normalized spacial score (nSPS) is 17.3. The van der Waals surface area contributed by atoms with Gasteiger partial charge in [-0.05, 0) is 65.1 Å². The summed E-state index contributed by atoms with van der Waals surface area (Å²) in [5.74, 6) is -0.383. The highest BCUT2D eigenvalue weighted by Crippen LogP contribution is 2.46. The molecule has 4 heteroatoms. The molecule has 0 N–H and O–H groups in total. The summed E-state index contributed by atoms with van der Waals surface area (Å²) in [7, 11) is 0. The van der Waals surface area contributed by atoms with E-state index in [2.05, 4.69) is 57.5 Å². The van der Waals surface area contributed by atoms with Gasteiger partial charge in [-0.1, -0.05) is 64.1 Å². The molecule has 0 radical (unpaired) electrons. The zero-order valence-electron chi connectivity index (χ0n) is 17.6. The fourth-order valence-corrected chi connectivity index (χ4v) is 4.00. The zero-order valence-corrected chi connectivity index (χ0v) is 18.3. The van der Waals surface area contributed by atoms with E-state index in [0.29, 0.717) is 16.4 Å². The highest BCUT2D eigenvalue weighted by atomic mass is 35.5. The Morgan fingerprint density at radius 3 is 2.24 bits per heavy atom. The number of aliphatic imine (C=N–C) groups is 1. The molecule has 0 saturated heterocycles. The van der Waals surface area contributed by atoms with Crippen LogP contribution in [-0.2, 0) is 15.6 Å². The van der Waals surface area contributed by atoms with Crippen LogP contribution >= 0.6 is 11.6 Å². The molecule has 1 aliphatic carbocycles. The molecule has 0 bridgehead atoms.